The van der Waals surface area contributed by atoms with Crippen LogP contribution in [0.2, 0.25) is 0 Å². The number of aromatic nitrogens is 1. The Bertz CT molecular complexity index is 367. The van der Waals surface area contributed by atoms with E-state index in [0.29, 0.717) is 19.4 Å². The van der Waals surface area contributed by atoms with E-state index in [9.17, 15) is 9.90 Å². The van der Waals surface area contributed by atoms with Crippen molar-refractivity contribution >= 4 is 5.97 Å². The van der Waals surface area contributed by atoms with E-state index < -0.39 is 12.1 Å². The number of aliphatic hydroxyl groups is 1. The molecule has 1 aromatic heterocycles. The average Bonchev–Trinajstić information content (AvgIpc) is 2.71. The highest BCUT2D eigenvalue weighted by Crippen LogP contribution is 2.27. The Balaban J connectivity index is 2.03. The number of fused-ring (bicyclic) bond motifs is 1. The fourth-order valence-corrected chi connectivity index (χ4v) is 2.09. The number of esters is 1. The van der Waals surface area contributed by atoms with Crippen molar-refractivity contribution in [3.63, 3.8) is 0 Å². The molecule has 1 heterocycles. The number of ether oxygens (including phenoxy) is 1. The van der Waals surface area contributed by atoms with Crippen molar-refractivity contribution < 1.29 is 14.6 Å². The molecule has 0 radical (unpaired) electrons. The zero-order valence-corrected chi connectivity index (χ0v) is 9.22. The van der Waals surface area contributed by atoms with Crippen LogP contribution < -0.4 is 0 Å². The van der Waals surface area contributed by atoms with Gasteiger partial charge in [0.25, 0.3) is 0 Å². The van der Waals surface area contributed by atoms with Crippen molar-refractivity contribution in [3.05, 3.63) is 29.6 Å². The molecule has 0 aliphatic heterocycles. The summed E-state index contributed by atoms with van der Waals surface area (Å²) in [6.45, 7) is 2.03. The van der Waals surface area contributed by atoms with Gasteiger partial charge >= 0.3 is 5.97 Å². The smallest absolute Gasteiger partial charge is 0.335 e. The second-order valence-corrected chi connectivity index (χ2v) is 3.97. The van der Waals surface area contributed by atoms with Gasteiger partial charge < -0.3 is 9.84 Å². The Morgan fingerprint density at radius 2 is 2.50 bits per heavy atom. The number of carbonyl (C=O) groups is 1. The number of nitrogens with zero attached hydrogens (tertiary/aromatic N) is 1. The first-order valence-corrected chi connectivity index (χ1v) is 5.49. The maximum Gasteiger partial charge on any atom is 0.335 e. The maximum absolute atomic E-state index is 11.4. The van der Waals surface area contributed by atoms with E-state index in [-0.39, 0.29) is 5.92 Å². The minimum Gasteiger partial charge on any atom is -0.464 e. The molecule has 1 aliphatic rings. The standard InChI is InChI=1S/C12H15NO3/c1-2-16-12(15)11(14)9-6-8-4-3-5-13-10(8)7-9/h3-5,9,11,14H,2,6-7H2,1H3. The lowest BCUT2D eigenvalue weighted by Gasteiger charge is -2.15. The van der Waals surface area contributed by atoms with Crippen LogP contribution in [0.4, 0.5) is 0 Å². The fraction of sp³-hybridized carbons (Fsp3) is 0.500. The predicted molar refractivity (Wildman–Crippen MR) is 57.8 cm³/mol. The van der Waals surface area contributed by atoms with E-state index in [2.05, 4.69) is 4.98 Å². The quantitative estimate of drug-likeness (QED) is 0.764. The normalized spacial score (nSPS) is 20.2. The molecule has 4 heteroatoms. The van der Waals surface area contributed by atoms with Crippen molar-refractivity contribution in [1.29, 1.82) is 0 Å². The van der Waals surface area contributed by atoms with Crippen molar-refractivity contribution in [3.8, 4) is 0 Å². The second-order valence-electron chi connectivity index (χ2n) is 3.97. The van der Waals surface area contributed by atoms with Crippen LogP contribution in [0.15, 0.2) is 18.3 Å². The first-order valence-electron chi connectivity index (χ1n) is 5.49. The van der Waals surface area contributed by atoms with Gasteiger partial charge in [-0.25, -0.2) is 4.79 Å². The molecule has 0 saturated heterocycles. The lowest BCUT2D eigenvalue weighted by molar-refractivity contribution is -0.155. The zero-order chi connectivity index (χ0) is 11.5. The number of hydrogen-bond acceptors (Lipinski definition) is 4. The summed E-state index contributed by atoms with van der Waals surface area (Å²) in [5, 5.41) is 9.82. The predicted octanol–water partition coefficient (Wildman–Crippen LogP) is 0.720. The van der Waals surface area contributed by atoms with Crippen LogP contribution in [0.25, 0.3) is 0 Å². The van der Waals surface area contributed by atoms with E-state index >= 15 is 0 Å². The highest BCUT2D eigenvalue weighted by atomic mass is 16.5. The SMILES string of the molecule is CCOC(=O)C(O)C1Cc2cccnc2C1. The van der Waals surface area contributed by atoms with E-state index in [4.69, 9.17) is 4.74 Å². The summed E-state index contributed by atoms with van der Waals surface area (Å²) in [4.78, 5) is 15.6. The first kappa shape index (κ1) is 11.1. The lowest BCUT2D eigenvalue weighted by Crippen LogP contribution is -2.31. The minimum atomic E-state index is -1.03. The molecule has 0 fully saturated rings. The Morgan fingerprint density at radius 3 is 3.19 bits per heavy atom. The summed E-state index contributed by atoms with van der Waals surface area (Å²) in [5.74, 6) is -0.621. The monoisotopic (exact) mass is 221 g/mol. The summed E-state index contributed by atoms with van der Waals surface area (Å²) >= 11 is 0. The highest BCUT2D eigenvalue weighted by Gasteiger charge is 2.33. The number of hydrogen-bond donors (Lipinski definition) is 1. The molecule has 1 aromatic rings. The van der Waals surface area contributed by atoms with Gasteiger partial charge in [-0.15, -0.1) is 0 Å². The van der Waals surface area contributed by atoms with Crippen LogP contribution >= 0.6 is 0 Å². The Morgan fingerprint density at radius 1 is 1.69 bits per heavy atom. The van der Waals surface area contributed by atoms with Gasteiger partial charge in [0, 0.05) is 17.8 Å². The molecule has 2 rings (SSSR count). The Labute approximate surface area is 94.3 Å². The Hall–Kier alpha value is -1.42. The average molecular weight is 221 g/mol. The molecular weight excluding hydrogens is 206 g/mol. The second kappa shape index (κ2) is 4.61. The molecule has 0 saturated carbocycles. The van der Waals surface area contributed by atoms with Gasteiger partial charge in [-0.2, -0.15) is 0 Å². The van der Waals surface area contributed by atoms with Gasteiger partial charge in [0.15, 0.2) is 6.10 Å². The van der Waals surface area contributed by atoms with E-state index in [0.717, 1.165) is 11.3 Å². The van der Waals surface area contributed by atoms with Crippen LogP contribution in [0, 0.1) is 5.92 Å². The summed E-state index contributed by atoms with van der Waals surface area (Å²) in [6, 6.07) is 3.86. The van der Waals surface area contributed by atoms with Gasteiger partial charge in [-0.3, -0.25) is 4.98 Å². The molecule has 86 valence electrons. The van der Waals surface area contributed by atoms with Crippen LogP contribution in [-0.4, -0.2) is 28.8 Å². The molecule has 1 N–H and O–H groups in total. The van der Waals surface area contributed by atoms with Gasteiger partial charge in [-0.05, 0) is 31.4 Å². The molecule has 4 nitrogen and oxygen atoms in total. The van der Waals surface area contributed by atoms with Crippen LogP contribution in [0.5, 0.6) is 0 Å². The summed E-state index contributed by atoms with van der Waals surface area (Å²) < 4.78 is 4.81. The van der Waals surface area contributed by atoms with E-state index in [1.165, 1.54) is 0 Å². The number of carbonyl (C=O) groups excluding carboxylic acids is 1. The number of aliphatic hydroxyl groups excluding tert-OH is 1. The third kappa shape index (κ3) is 2.07. The van der Waals surface area contributed by atoms with Crippen LogP contribution in [0.3, 0.4) is 0 Å². The van der Waals surface area contributed by atoms with E-state index in [1.54, 1.807) is 13.1 Å². The highest BCUT2D eigenvalue weighted by molar-refractivity contribution is 5.75. The third-order valence-electron chi connectivity index (χ3n) is 2.90. The maximum atomic E-state index is 11.4. The van der Waals surface area contributed by atoms with Crippen molar-refractivity contribution in [2.45, 2.75) is 25.9 Å². The van der Waals surface area contributed by atoms with Crippen molar-refractivity contribution in [1.82, 2.24) is 4.98 Å². The molecule has 0 spiro atoms. The topological polar surface area (TPSA) is 59.4 Å². The van der Waals surface area contributed by atoms with Gasteiger partial charge in [0.1, 0.15) is 0 Å². The summed E-state index contributed by atoms with van der Waals surface area (Å²) in [6.07, 6.45) is 2.05. The Kier molecular flexibility index (Phi) is 3.19. The van der Waals surface area contributed by atoms with Crippen molar-refractivity contribution in [2.24, 2.45) is 5.92 Å². The zero-order valence-electron chi connectivity index (χ0n) is 9.22. The van der Waals surface area contributed by atoms with Crippen LogP contribution in [-0.2, 0) is 22.4 Å². The van der Waals surface area contributed by atoms with Gasteiger partial charge in [-0.1, -0.05) is 6.07 Å². The molecular formula is C12H15NO3. The van der Waals surface area contributed by atoms with Gasteiger partial charge in [0.05, 0.1) is 6.61 Å². The molecule has 0 aromatic carbocycles. The number of pyridine rings is 1. The summed E-state index contributed by atoms with van der Waals surface area (Å²) in [5.41, 5.74) is 2.10. The van der Waals surface area contributed by atoms with Crippen LogP contribution in [0.1, 0.15) is 18.2 Å². The fourth-order valence-electron chi connectivity index (χ4n) is 2.09. The van der Waals surface area contributed by atoms with E-state index in [1.807, 2.05) is 12.1 Å². The molecule has 2 unspecified atom stereocenters. The molecule has 16 heavy (non-hydrogen) atoms. The number of rotatable bonds is 3. The lowest BCUT2D eigenvalue weighted by atomic mass is 10.00. The minimum absolute atomic E-state index is 0.0936. The molecule has 2 atom stereocenters. The first-order chi connectivity index (χ1) is 7.72. The third-order valence-corrected chi connectivity index (χ3v) is 2.90. The molecule has 0 amide bonds. The largest absolute Gasteiger partial charge is 0.464 e. The molecule has 0 bridgehead atoms. The van der Waals surface area contributed by atoms with Gasteiger partial charge in [0.2, 0.25) is 0 Å². The molecule has 1 aliphatic carbocycles. The van der Waals surface area contributed by atoms with Crippen molar-refractivity contribution in [2.75, 3.05) is 6.61 Å². The summed E-state index contributed by atoms with van der Waals surface area (Å²) in [7, 11) is 0.